The van der Waals surface area contributed by atoms with E-state index in [0.717, 1.165) is 36.7 Å². The van der Waals surface area contributed by atoms with Crippen molar-refractivity contribution in [1.29, 1.82) is 0 Å². The fraction of sp³-hybridized carbons (Fsp3) is 0.364. The van der Waals surface area contributed by atoms with Gasteiger partial charge in [-0.3, -0.25) is 10.1 Å². The Balaban J connectivity index is 1.86. The second-order valence-electron chi connectivity index (χ2n) is 7.09. The Kier molecular flexibility index (Phi) is 6.11. The number of rotatable bonds is 8. The van der Waals surface area contributed by atoms with E-state index in [4.69, 9.17) is 0 Å². The molecule has 2 aromatic heterocycles. The standard InChI is InChI=1S/C22H27N3OS/c1-5-7-8-18-13-17-12-16(9-10-19(17)25(18)11-6-2)21(26)24-22-23-14-20(27-22)15(3)4/h6,9-10,12-15H,2,5,7-8,11H2,1,3-4H3,(H,23,24,26). The Labute approximate surface area is 164 Å². The van der Waals surface area contributed by atoms with Gasteiger partial charge in [0.1, 0.15) is 0 Å². The molecular formula is C22H27N3OS. The van der Waals surface area contributed by atoms with Crippen molar-refractivity contribution < 1.29 is 4.79 Å². The molecule has 0 unspecified atom stereocenters. The first-order valence-electron chi connectivity index (χ1n) is 9.53. The fourth-order valence-corrected chi connectivity index (χ4v) is 3.97. The molecule has 0 spiro atoms. The third-order valence-electron chi connectivity index (χ3n) is 4.66. The molecular weight excluding hydrogens is 354 g/mol. The van der Waals surface area contributed by atoms with Crippen LogP contribution in [0.15, 0.2) is 43.1 Å². The van der Waals surface area contributed by atoms with Crippen LogP contribution in [-0.4, -0.2) is 15.5 Å². The molecule has 0 saturated carbocycles. The third kappa shape index (κ3) is 4.30. The summed E-state index contributed by atoms with van der Waals surface area (Å²) >= 11 is 1.53. The predicted molar refractivity (Wildman–Crippen MR) is 115 cm³/mol. The highest BCUT2D eigenvalue weighted by atomic mass is 32.1. The Bertz CT molecular complexity index is 952. The maximum absolute atomic E-state index is 12.7. The lowest BCUT2D eigenvalue weighted by atomic mass is 10.1. The largest absolute Gasteiger partial charge is 0.341 e. The Hall–Kier alpha value is -2.40. The summed E-state index contributed by atoms with van der Waals surface area (Å²) < 4.78 is 2.29. The van der Waals surface area contributed by atoms with Crippen LogP contribution in [0.1, 0.15) is 60.5 Å². The second-order valence-corrected chi connectivity index (χ2v) is 8.15. The Morgan fingerprint density at radius 3 is 2.85 bits per heavy atom. The van der Waals surface area contributed by atoms with Crippen LogP contribution in [0.2, 0.25) is 0 Å². The first kappa shape index (κ1) is 19.4. The van der Waals surface area contributed by atoms with Gasteiger partial charge in [-0.15, -0.1) is 17.9 Å². The number of aryl methyl sites for hydroxylation is 1. The van der Waals surface area contributed by atoms with E-state index < -0.39 is 0 Å². The average molecular weight is 382 g/mol. The van der Waals surface area contributed by atoms with Crippen molar-refractivity contribution in [3.63, 3.8) is 0 Å². The SMILES string of the molecule is C=CCn1c(CCCC)cc2cc(C(=O)Nc3ncc(C(C)C)s3)ccc21. The maximum Gasteiger partial charge on any atom is 0.257 e. The molecule has 0 aliphatic heterocycles. The van der Waals surface area contributed by atoms with Crippen LogP contribution >= 0.6 is 11.3 Å². The van der Waals surface area contributed by atoms with E-state index in [1.807, 2.05) is 30.5 Å². The number of nitrogens with zero attached hydrogens (tertiary/aromatic N) is 2. The summed E-state index contributed by atoms with van der Waals surface area (Å²) in [5, 5.41) is 4.67. The van der Waals surface area contributed by atoms with Gasteiger partial charge in [-0.25, -0.2) is 4.98 Å². The van der Waals surface area contributed by atoms with Gasteiger partial charge in [-0.1, -0.05) is 33.3 Å². The molecule has 0 bridgehead atoms. The van der Waals surface area contributed by atoms with Crippen LogP contribution in [0.5, 0.6) is 0 Å². The number of amides is 1. The molecule has 0 saturated heterocycles. The summed E-state index contributed by atoms with van der Waals surface area (Å²) in [4.78, 5) is 18.1. The lowest BCUT2D eigenvalue weighted by Gasteiger charge is -2.08. The summed E-state index contributed by atoms with van der Waals surface area (Å²) in [6.45, 7) is 11.1. The van der Waals surface area contributed by atoms with E-state index in [0.29, 0.717) is 16.6 Å². The molecule has 0 aliphatic rings. The van der Waals surface area contributed by atoms with Crippen molar-refractivity contribution in [1.82, 2.24) is 9.55 Å². The molecule has 1 aromatic carbocycles. The molecule has 5 heteroatoms. The van der Waals surface area contributed by atoms with Gasteiger partial charge in [0.25, 0.3) is 5.91 Å². The van der Waals surface area contributed by atoms with Crippen molar-refractivity contribution >= 4 is 33.3 Å². The van der Waals surface area contributed by atoms with Crippen molar-refractivity contribution in [3.05, 3.63) is 59.3 Å². The van der Waals surface area contributed by atoms with Crippen LogP contribution in [0, 0.1) is 0 Å². The summed E-state index contributed by atoms with van der Waals surface area (Å²) in [5.41, 5.74) is 3.10. The summed E-state index contributed by atoms with van der Waals surface area (Å²) in [6, 6.07) is 8.09. The summed E-state index contributed by atoms with van der Waals surface area (Å²) in [6.07, 6.45) is 7.12. The zero-order valence-electron chi connectivity index (χ0n) is 16.3. The monoisotopic (exact) mass is 381 g/mol. The highest BCUT2D eigenvalue weighted by molar-refractivity contribution is 7.15. The molecule has 142 valence electrons. The number of hydrogen-bond donors (Lipinski definition) is 1. The van der Waals surface area contributed by atoms with E-state index in [-0.39, 0.29) is 5.91 Å². The van der Waals surface area contributed by atoms with Crippen molar-refractivity contribution in [2.45, 2.75) is 52.5 Å². The third-order valence-corrected chi connectivity index (χ3v) is 5.87. The topological polar surface area (TPSA) is 46.9 Å². The van der Waals surface area contributed by atoms with Gasteiger partial charge in [0.15, 0.2) is 5.13 Å². The number of benzene rings is 1. The number of carbonyl (C=O) groups is 1. The van der Waals surface area contributed by atoms with E-state index >= 15 is 0 Å². The molecule has 27 heavy (non-hydrogen) atoms. The average Bonchev–Trinajstić information content (AvgIpc) is 3.25. The van der Waals surface area contributed by atoms with Gasteiger partial charge >= 0.3 is 0 Å². The van der Waals surface area contributed by atoms with E-state index in [9.17, 15) is 4.79 Å². The number of anilines is 1. The molecule has 4 nitrogen and oxygen atoms in total. The fourth-order valence-electron chi connectivity index (χ4n) is 3.16. The smallest absolute Gasteiger partial charge is 0.257 e. The molecule has 2 heterocycles. The minimum absolute atomic E-state index is 0.117. The number of aromatic nitrogens is 2. The quantitative estimate of drug-likeness (QED) is 0.486. The van der Waals surface area contributed by atoms with Gasteiger partial charge in [0.2, 0.25) is 0 Å². The zero-order chi connectivity index (χ0) is 19.4. The van der Waals surface area contributed by atoms with E-state index in [1.165, 1.54) is 21.9 Å². The number of fused-ring (bicyclic) bond motifs is 1. The lowest BCUT2D eigenvalue weighted by Crippen LogP contribution is -2.11. The van der Waals surface area contributed by atoms with Crippen LogP contribution in [0.4, 0.5) is 5.13 Å². The van der Waals surface area contributed by atoms with Gasteiger partial charge in [0, 0.05) is 39.8 Å². The molecule has 0 radical (unpaired) electrons. The minimum Gasteiger partial charge on any atom is -0.341 e. The van der Waals surface area contributed by atoms with Crippen molar-refractivity contribution in [2.75, 3.05) is 5.32 Å². The lowest BCUT2D eigenvalue weighted by molar-refractivity contribution is 0.102. The normalized spacial score (nSPS) is 11.3. The van der Waals surface area contributed by atoms with E-state index in [2.05, 4.69) is 48.3 Å². The molecule has 1 N–H and O–H groups in total. The summed E-state index contributed by atoms with van der Waals surface area (Å²) in [7, 11) is 0. The highest BCUT2D eigenvalue weighted by Crippen LogP contribution is 2.27. The number of hydrogen-bond acceptors (Lipinski definition) is 3. The van der Waals surface area contributed by atoms with Gasteiger partial charge in [0.05, 0.1) is 0 Å². The Morgan fingerprint density at radius 2 is 2.19 bits per heavy atom. The second kappa shape index (κ2) is 8.53. The van der Waals surface area contributed by atoms with Gasteiger partial charge in [-0.05, 0) is 43.0 Å². The minimum atomic E-state index is -0.117. The number of unbranched alkanes of at least 4 members (excludes halogenated alkanes) is 1. The number of carbonyl (C=O) groups excluding carboxylic acids is 1. The highest BCUT2D eigenvalue weighted by Gasteiger charge is 2.13. The zero-order valence-corrected chi connectivity index (χ0v) is 17.1. The molecule has 1 amide bonds. The first-order valence-corrected chi connectivity index (χ1v) is 10.3. The van der Waals surface area contributed by atoms with Crippen molar-refractivity contribution in [2.24, 2.45) is 0 Å². The molecule has 3 rings (SSSR count). The van der Waals surface area contributed by atoms with Crippen LogP contribution < -0.4 is 5.32 Å². The van der Waals surface area contributed by atoms with Gasteiger partial charge in [-0.2, -0.15) is 0 Å². The number of allylic oxidation sites excluding steroid dienone is 1. The molecule has 0 fully saturated rings. The molecule has 0 atom stereocenters. The number of nitrogens with one attached hydrogen (secondary N) is 1. The molecule has 0 aliphatic carbocycles. The summed E-state index contributed by atoms with van der Waals surface area (Å²) in [5.74, 6) is 0.295. The van der Waals surface area contributed by atoms with Crippen LogP contribution in [-0.2, 0) is 13.0 Å². The predicted octanol–water partition coefficient (Wildman–Crippen LogP) is 6.00. The molecule has 3 aromatic rings. The maximum atomic E-state index is 12.7. The van der Waals surface area contributed by atoms with Gasteiger partial charge < -0.3 is 4.57 Å². The first-order chi connectivity index (χ1) is 13.0. The number of thiazole rings is 1. The van der Waals surface area contributed by atoms with Crippen LogP contribution in [0.3, 0.4) is 0 Å². The van der Waals surface area contributed by atoms with Crippen molar-refractivity contribution in [3.8, 4) is 0 Å². The van der Waals surface area contributed by atoms with Crippen LogP contribution in [0.25, 0.3) is 10.9 Å². The Morgan fingerprint density at radius 1 is 1.37 bits per heavy atom. The van der Waals surface area contributed by atoms with E-state index in [1.54, 1.807) is 0 Å².